The van der Waals surface area contributed by atoms with Gasteiger partial charge < -0.3 is 39.7 Å². The molecule has 4 saturated carbocycles. The molecule has 0 aromatic carbocycles. The van der Waals surface area contributed by atoms with Crippen molar-refractivity contribution in [1.82, 2.24) is 4.90 Å². The van der Waals surface area contributed by atoms with Crippen molar-refractivity contribution in [3.05, 3.63) is 0 Å². The predicted octanol–water partition coefficient (Wildman–Crippen LogP) is 1.35. The highest BCUT2D eigenvalue weighted by Gasteiger charge is 2.87. The number of esters is 2. The average Bonchev–Trinajstić information content (AvgIpc) is 3.24. The summed E-state index contributed by atoms with van der Waals surface area (Å²) < 4.78 is 18.6. The molecular formula is C34H53NO10. The van der Waals surface area contributed by atoms with Crippen LogP contribution in [0.25, 0.3) is 0 Å². The molecule has 3 aliphatic heterocycles. The third-order valence-corrected chi connectivity index (χ3v) is 14.3. The Hall–Kier alpha value is -1.34. The minimum absolute atomic E-state index is 0.0891. The summed E-state index contributed by atoms with van der Waals surface area (Å²) in [7, 11) is 0. The second kappa shape index (κ2) is 10.1. The van der Waals surface area contributed by atoms with Gasteiger partial charge in [-0.2, -0.15) is 0 Å². The van der Waals surface area contributed by atoms with Crippen molar-refractivity contribution in [2.75, 3.05) is 13.1 Å². The highest BCUT2D eigenvalue weighted by Crippen LogP contribution is 2.77. The summed E-state index contributed by atoms with van der Waals surface area (Å²) in [5, 5.41) is 62.1. The highest BCUT2D eigenvalue weighted by atomic mass is 16.7. The van der Waals surface area contributed by atoms with E-state index in [0.717, 1.165) is 19.4 Å². The fourth-order valence-electron chi connectivity index (χ4n) is 12.3. The Morgan fingerprint density at radius 1 is 1.07 bits per heavy atom. The lowest BCUT2D eigenvalue weighted by molar-refractivity contribution is -0.299. The summed E-state index contributed by atoms with van der Waals surface area (Å²) in [6.45, 7) is 12.2. The number of piperidine rings is 2. The molecule has 17 atom stereocenters. The number of aliphatic hydroxyl groups is 5. The molecule has 11 heteroatoms. The van der Waals surface area contributed by atoms with Crippen molar-refractivity contribution in [2.24, 2.45) is 46.8 Å². The number of hydrogen-bond acceptors (Lipinski definition) is 11. The van der Waals surface area contributed by atoms with Gasteiger partial charge in [0.1, 0.15) is 5.60 Å². The van der Waals surface area contributed by atoms with E-state index in [1.807, 2.05) is 13.8 Å². The molecule has 0 aromatic heterocycles. The Kier molecular flexibility index (Phi) is 7.22. The summed E-state index contributed by atoms with van der Waals surface area (Å²) in [6, 6.07) is -0.191. The van der Waals surface area contributed by atoms with E-state index in [0.29, 0.717) is 31.7 Å². The van der Waals surface area contributed by atoms with Gasteiger partial charge in [-0.1, -0.05) is 27.7 Å². The first-order chi connectivity index (χ1) is 21.0. The first kappa shape index (κ1) is 32.2. The summed E-state index contributed by atoms with van der Waals surface area (Å²) in [4.78, 5) is 27.8. The molecule has 7 fully saturated rings. The Morgan fingerprint density at radius 2 is 1.78 bits per heavy atom. The topological polar surface area (TPSA) is 166 Å². The molecule has 11 nitrogen and oxygen atoms in total. The largest absolute Gasteiger partial charge is 0.457 e. The van der Waals surface area contributed by atoms with Gasteiger partial charge in [0.25, 0.3) is 0 Å². The number of hydrogen-bond donors (Lipinski definition) is 5. The maximum absolute atomic E-state index is 13.4. The van der Waals surface area contributed by atoms with E-state index in [4.69, 9.17) is 14.2 Å². The smallest absolute Gasteiger partial charge is 0.309 e. The van der Waals surface area contributed by atoms with Crippen molar-refractivity contribution < 1.29 is 49.3 Å². The lowest BCUT2D eigenvalue weighted by Crippen LogP contribution is -2.77. The number of fused-ring (bicyclic) bond motifs is 5. The molecule has 45 heavy (non-hydrogen) atoms. The van der Waals surface area contributed by atoms with Crippen LogP contribution in [-0.4, -0.2) is 109 Å². The van der Waals surface area contributed by atoms with Crippen LogP contribution >= 0.6 is 0 Å². The summed E-state index contributed by atoms with van der Waals surface area (Å²) in [5.41, 5.74) is -5.22. The second-order valence-corrected chi connectivity index (χ2v) is 16.6. The maximum atomic E-state index is 13.4. The van der Waals surface area contributed by atoms with E-state index in [1.165, 1.54) is 6.92 Å². The fourth-order valence-corrected chi connectivity index (χ4v) is 12.3. The zero-order valence-electron chi connectivity index (χ0n) is 27.5. The summed E-state index contributed by atoms with van der Waals surface area (Å²) >= 11 is 0. The Balaban J connectivity index is 1.38. The summed E-state index contributed by atoms with van der Waals surface area (Å²) in [6.07, 6.45) is -1.45. The van der Waals surface area contributed by atoms with Gasteiger partial charge in [0.05, 0.1) is 29.3 Å². The normalized spacial score (nSPS) is 57.2. The summed E-state index contributed by atoms with van der Waals surface area (Å²) in [5.74, 6) is -6.32. The van der Waals surface area contributed by atoms with Gasteiger partial charge in [0, 0.05) is 49.2 Å². The molecule has 5 N–H and O–H groups in total. The van der Waals surface area contributed by atoms with Gasteiger partial charge in [0.15, 0.2) is 12.2 Å². The van der Waals surface area contributed by atoms with E-state index in [9.17, 15) is 35.1 Å². The molecule has 0 radical (unpaired) electrons. The number of ether oxygens (including phenoxy) is 3. The van der Waals surface area contributed by atoms with Crippen molar-refractivity contribution in [2.45, 2.75) is 140 Å². The number of rotatable bonds is 4. The van der Waals surface area contributed by atoms with Crippen LogP contribution in [0.3, 0.4) is 0 Å². The average molecular weight is 636 g/mol. The monoisotopic (exact) mass is 635 g/mol. The highest BCUT2D eigenvalue weighted by molar-refractivity contribution is 5.72. The van der Waals surface area contributed by atoms with Crippen LogP contribution in [0.5, 0.6) is 0 Å². The van der Waals surface area contributed by atoms with Crippen LogP contribution in [0.2, 0.25) is 0 Å². The second-order valence-electron chi connectivity index (χ2n) is 16.6. The number of carbonyl (C=O) groups is 2. The van der Waals surface area contributed by atoms with E-state index < -0.39 is 99.9 Å². The van der Waals surface area contributed by atoms with E-state index >= 15 is 0 Å². The molecule has 254 valence electrons. The van der Waals surface area contributed by atoms with Gasteiger partial charge >= 0.3 is 11.9 Å². The molecular weight excluding hydrogens is 582 g/mol. The van der Waals surface area contributed by atoms with E-state index in [1.54, 1.807) is 13.8 Å². The quantitative estimate of drug-likeness (QED) is 0.283. The third kappa shape index (κ3) is 3.95. The van der Waals surface area contributed by atoms with Crippen molar-refractivity contribution in [3.63, 3.8) is 0 Å². The van der Waals surface area contributed by atoms with Crippen molar-refractivity contribution in [3.8, 4) is 0 Å². The number of nitrogens with zero attached hydrogens (tertiary/aromatic N) is 1. The molecule has 3 saturated heterocycles. The minimum Gasteiger partial charge on any atom is -0.457 e. The zero-order chi connectivity index (χ0) is 32.6. The lowest BCUT2D eigenvalue weighted by Gasteiger charge is -2.64. The fraction of sp³-hybridized carbons (Fsp3) is 0.941. The lowest BCUT2D eigenvalue weighted by atomic mass is 9.49. The van der Waals surface area contributed by atoms with Crippen molar-refractivity contribution >= 4 is 11.9 Å². The molecule has 0 aromatic rings. The standard InChI is InChI=1S/C34H53NO10/c1-7-17(3)29(39)44-28-26(38)25-19(15-35-14-16(2)8-9-23(35)31(25,6)40)20-13-32-27(33(20,28)41)21(37)12-22-30(32,5)11-10-24(43-18(4)36)34(22,42)45-32/h16-17,19-28,37-38,40-42H,7-15H2,1-6H3/t16-,17?,19-,20?,21+,22?,23?,24-,25?,26+,27?,28-,30-,31+,32+,33-,34-/m0/s1. The molecule has 7 rings (SSSR count). The van der Waals surface area contributed by atoms with Gasteiger partial charge in [0.2, 0.25) is 5.79 Å². The van der Waals surface area contributed by atoms with E-state index in [2.05, 4.69) is 11.8 Å². The SMILES string of the molecule is CCC(C)C(=O)O[C@H]1[C@H](O)C2[C@@H](CN3C[C@@H](C)CCC3[C@@]2(C)O)C2C[C@@]34O[C@@]5(O)C(C[C@@H](O)C3[C@@]21O)[C@]4(C)CC[C@@H]5OC(C)=O. The zero-order valence-corrected chi connectivity index (χ0v) is 27.5. The first-order valence-corrected chi connectivity index (χ1v) is 17.3. The Labute approximate surface area is 265 Å². The Bertz CT molecular complexity index is 1250. The van der Waals surface area contributed by atoms with Gasteiger partial charge in [-0.05, 0) is 69.6 Å². The van der Waals surface area contributed by atoms with Crippen LogP contribution in [0.4, 0.5) is 0 Å². The minimum atomic E-state index is -1.91. The van der Waals surface area contributed by atoms with Crippen molar-refractivity contribution in [1.29, 1.82) is 0 Å². The van der Waals surface area contributed by atoms with Gasteiger partial charge in [-0.3, -0.25) is 14.5 Å². The molecule has 6 unspecified atom stereocenters. The number of aliphatic hydroxyl groups excluding tert-OH is 2. The molecule has 7 aliphatic rings. The predicted molar refractivity (Wildman–Crippen MR) is 159 cm³/mol. The molecule has 1 spiro atoms. The van der Waals surface area contributed by atoms with Gasteiger partial charge in [-0.25, -0.2) is 0 Å². The molecule has 0 amide bonds. The first-order valence-electron chi connectivity index (χ1n) is 17.3. The van der Waals surface area contributed by atoms with Gasteiger partial charge in [-0.15, -0.1) is 0 Å². The van der Waals surface area contributed by atoms with Crippen LogP contribution in [0.1, 0.15) is 86.5 Å². The number of carbonyl (C=O) groups excluding carboxylic acids is 2. The van der Waals surface area contributed by atoms with Crippen LogP contribution in [0.15, 0.2) is 0 Å². The molecule has 4 bridgehead atoms. The Morgan fingerprint density at radius 3 is 2.44 bits per heavy atom. The third-order valence-electron chi connectivity index (χ3n) is 14.3. The maximum Gasteiger partial charge on any atom is 0.309 e. The molecule has 3 heterocycles. The molecule has 4 aliphatic carbocycles. The van der Waals surface area contributed by atoms with Crippen LogP contribution < -0.4 is 0 Å². The van der Waals surface area contributed by atoms with Crippen LogP contribution in [0, 0.1) is 46.8 Å². The van der Waals surface area contributed by atoms with Crippen LogP contribution in [-0.2, 0) is 23.8 Å². The van der Waals surface area contributed by atoms with E-state index in [-0.39, 0.29) is 18.9 Å².